The van der Waals surface area contributed by atoms with Crippen molar-refractivity contribution in [2.45, 2.75) is 99.3 Å². The topological polar surface area (TPSA) is 54.1 Å². The molecule has 0 atom stereocenters. The van der Waals surface area contributed by atoms with Crippen LogP contribution >= 0.6 is 0 Å². The Balaban J connectivity index is 0.00000514. The van der Waals surface area contributed by atoms with Crippen LogP contribution in [0.15, 0.2) is 79.0 Å². The fraction of sp³-hybridized carbons (Fsp3) is 0.333. The largest absolute Gasteiger partial charge is 2.00 e. The zero-order valence-corrected chi connectivity index (χ0v) is 36.0. The molecule has 0 aliphatic heterocycles. The first kappa shape index (κ1) is 40.0. The summed E-state index contributed by atoms with van der Waals surface area (Å²) in [5, 5.41) is 7.36. The van der Waals surface area contributed by atoms with E-state index in [-0.39, 0.29) is 36.7 Å². The van der Waals surface area contributed by atoms with E-state index >= 15 is 0 Å². The standard InChI is InChI=1S/C48H52N4O2.Pd/c1-29-22-33(52-31(3)44(30(2)50-52)45-39(47(7,8)9)24-32(46(4,5)6)25-40(45)48(10,11)12)26-36(23-29)54-35-18-19-38-37-16-14-15-17-41(37)51(42(38)27-35)43-28-34(53-13)20-21-49-43;/h14-25,28H,1-13H3;/q-2;+2. The summed E-state index contributed by atoms with van der Waals surface area (Å²) in [6.07, 6.45) is 1.76. The summed E-state index contributed by atoms with van der Waals surface area (Å²) in [6, 6.07) is 32.3. The van der Waals surface area contributed by atoms with Gasteiger partial charge < -0.3 is 14.0 Å². The Bertz CT molecular complexity index is 2520. The first-order chi connectivity index (χ1) is 25.3. The van der Waals surface area contributed by atoms with Gasteiger partial charge in [-0.2, -0.15) is 16.7 Å². The molecule has 0 saturated heterocycles. The van der Waals surface area contributed by atoms with Gasteiger partial charge in [0.2, 0.25) is 0 Å². The number of para-hydroxylation sites is 1. The van der Waals surface area contributed by atoms with Crippen molar-refractivity contribution in [1.29, 1.82) is 0 Å². The maximum Gasteiger partial charge on any atom is 2.00 e. The van der Waals surface area contributed by atoms with Crippen molar-refractivity contribution < 1.29 is 29.9 Å². The van der Waals surface area contributed by atoms with Gasteiger partial charge in [0.25, 0.3) is 0 Å². The zero-order chi connectivity index (χ0) is 38.9. The number of pyridine rings is 1. The molecule has 7 heteroatoms. The molecule has 0 radical (unpaired) electrons. The smallest absolute Gasteiger partial charge is 0.509 e. The molecular weight excluding hydrogens is 771 g/mol. The summed E-state index contributed by atoms with van der Waals surface area (Å²) in [4.78, 5) is 4.70. The molecule has 0 spiro atoms. The Hall–Kier alpha value is -4.70. The number of fused-ring (bicyclic) bond motifs is 3. The third-order valence-electron chi connectivity index (χ3n) is 10.3. The van der Waals surface area contributed by atoms with E-state index < -0.39 is 0 Å². The molecule has 0 saturated carbocycles. The average Bonchev–Trinajstić information content (AvgIpc) is 3.58. The van der Waals surface area contributed by atoms with E-state index in [0.29, 0.717) is 11.5 Å². The summed E-state index contributed by atoms with van der Waals surface area (Å²) < 4.78 is 16.3. The number of benzene rings is 4. The van der Waals surface area contributed by atoms with Crippen LogP contribution in [0.2, 0.25) is 0 Å². The molecule has 0 fully saturated rings. The number of hydrogen-bond acceptors (Lipinski definition) is 4. The van der Waals surface area contributed by atoms with E-state index in [1.54, 1.807) is 13.3 Å². The van der Waals surface area contributed by atoms with Crippen LogP contribution in [-0.2, 0) is 36.7 Å². The number of hydrogen-bond donors (Lipinski definition) is 0. The van der Waals surface area contributed by atoms with E-state index in [0.717, 1.165) is 56.0 Å². The predicted molar refractivity (Wildman–Crippen MR) is 222 cm³/mol. The minimum atomic E-state index is -0.0833. The summed E-state index contributed by atoms with van der Waals surface area (Å²) in [7, 11) is 1.67. The van der Waals surface area contributed by atoms with Crippen LogP contribution in [0.25, 0.3) is 44.4 Å². The third-order valence-corrected chi connectivity index (χ3v) is 10.3. The molecule has 0 bridgehead atoms. The number of rotatable bonds is 6. The fourth-order valence-electron chi connectivity index (χ4n) is 7.54. The molecule has 55 heavy (non-hydrogen) atoms. The van der Waals surface area contributed by atoms with Crippen LogP contribution in [0.5, 0.6) is 17.2 Å². The molecular formula is C48H52N4O2Pd. The van der Waals surface area contributed by atoms with Gasteiger partial charge in [-0.15, -0.1) is 35.7 Å². The number of ether oxygens (including phenoxy) is 2. The van der Waals surface area contributed by atoms with Gasteiger partial charge in [0.05, 0.1) is 12.8 Å². The second-order valence-corrected chi connectivity index (χ2v) is 17.7. The summed E-state index contributed by atoms with van der Waals surface area (Å²) in [6.45, 7) is 27.2. The zero-order valence-electron chi connectivity index (χ0n) is 34.4. The fourth-order valence-corrected chi connectivity index (χ4v) is 7.54. The Morgan fingerprint density at radius 2 is 1.35 bits per heavy atom. The van der Waals surface area contributed by atoms with Gasteiger partial charge in [-0.3, -0.25) is 4.68 Å². The van der Waals surface area contributed by atoms with Crippen molar-refractivity contribution in [3.05, 3.63) is 125 Å². The Labute approximate surface area is 340 Å². The normalized spacial score (nSPS) is 12.3. The number of methoxy groups -OCH3 is 1. The monoisotopic (exact) mass is 822 g/mol. The van der Waals surface area contributed by atoms with Gasteiger partial charge in [0, 0.05) is 40.5 Å². The van der Waals surface area contributed by atoms with Crippen LogP contribution in [0.3, 0.4) is 0 Å². The summed E-state index contributed by atoms with van der Waals surface area (Å²) in [5.74, 6) is 2.66. The molecule has 0 aliphatic rings. The van der Waals surface area contributed by atoms with E-state index in [2.05, 4.69) is 142 Å². The molecule has 0 unspecified atom stereocenters. The molecule has 286 valence electrons. The number of nitrogens with zero attached hydrogens (tertiary/aromatic N) is 4. The van der Waals surface area contributed by atoms with Crippen LogP contribution in [0.1, 0.15) is 96.0 Å². The Morgan fingerprint density at radius 3 is 1.98 bits per heavy atom. The SMILES string of the molecule is COc1ccnc(-n2c3[c-]c(Oc4[c-]c(-n5nc(C)c(-c6c(C(C)(C)C)cc(C(C)(C)C)cc6C(C)(C)C)c5C)cc(C)c4)ccc3c3ccccc32)c1.[Pd+2]. The third kappa shape index (κ3) is 7.50. The van der Waals surface area contributed by atoms with E-state index in [4.69, 9.17) is 19.6 Å². The molecule has 7 rings (SSSR count). The molecule has 0 amide bonds. The maximum atomic E-state index is 6.58. The van der Waals surface area contributed by atoms with Crippen LogP contribution < -0.4 is 9.47 Å². The maximum absolute atomic E-state index is 6.58. The minimum absolute atomic E-state index is 0. The van der Waals surface area contributed by atoms with Gasteiger partial charge in [-0.1, -0.05) is 105 Å². The number of aryl methyl sites for hydroxylation is 2. The van der Waals surface area contributed by atoms with Gasteiger partial charge in [0.1, 0.15) is 11.6 Å². The minimum Gasteiger partial charge on any atom is -0.509 e. The molecule has 0 aliphatic carbocycles. The van der Waals surface area contributed by atoms with Gasteiger partial charge >= 0.3 is 20.4 Å². The van der Waals surface area contributed by atoms with E-state index in [1.165, 1.54) is 27.8 Å². The van der Waals surface area contributed by atoms with Crippen LogP contribution in [0.4, 0.5) is 0 Å². The molecule has 4 aromatic carbocycles. The van der Waals surface area contributed by atoms with Crippen molar-refractivity contribution in [3.63, 3.8) is 0 Å². The Morgan fingerprint density at radius 1 is 0.673 bits per heavy atom. The predicted octanol–water partition coefficient (Wildman–Crippen LogP) is 12.2. The first-order valence-electron chi connectivity index (χ1n) is 18.8. The second kappa shape index (κ2) is 14.4. The quantitative estimate of drug-likeness (QED) is 0.124. The van der Waals surface area contributed by atoms with Crippen LogP contribution in [0, 0.1) is 32.9 Å². The molecule has 3 heterocycles. The summed E-state index contributed by atoms with van der Waals surface area (Å²) >= 11 is 0. The molecule has 6 nitrogen and oxygen atoms in total. The molecule has 0 N–H and O–H groups in total. The van der Waals surface area contributed by atoms with Gasteiger partial charge in [-0.05, 0) is 75.6 Å². The van der Waals surface area contributed by atoms with Crippen molar-refractivity contribution in [1.82, 2.24) is 19.3 Å². The number of aromatic nitrogens is 4. The van der Waals surface area contributed by atoms with E-state index in [9.17, 15) is 0 Å². The second-order valence-electron chi connectivity index (χ2n) is 17.7. The van der Waals surface area contributed by atoms with E-state index in [1.807, 2.05) is 35.0 Å². The Kier molecular flexibility index (Phi) is 10.5. The summed E-state index contributed by atoms with van der Waals surface area (Å²) in [5.41, 5.74) is 12.2. The van der Waals surface area contributed by atoms with Crippen molar-refractivity contribution in [3.8, 4) is 39.9 Å². The van der Waals surface area contributed by atoms with Gasteiger partial charge in [0.15, 0.2) is 0 Å². The van der Waals surface area contributed by atoms with Gasteiger partial charge in [-0.25, -0.2) is 4.98 Å². The average molecular weight is 823 g/mol. The van der Waals surface area contributed by atoms with Crippen molar-refractivity contribution >= 4 is 21.8 Å². The first-order valence-corrected chi connectivity index (χ1v) is 18.8. The van der Waals surface area contributed by atoms with Crippen molar-refractivity contribution in [2.24, 2.45) is 0 Å². The molecule has 7 aromatic rings. The van der Waals surface area contributed by atoms with Crippen molar-refractivity contribution in [2.75, 3.05) is 7.11 Å². The molecule has 3 aromatic heterocycles. The van der Waals surface area contributed by atoms with Crippen LogP contribution in [-0.4, -0.2) is 26.4 Å².